The molecule has 90 valence electrons. The van der Waals surface area contributed by atoms with E-state index in [0.717, 1.165) is 24.6 Å². The van der Waals surface area contributed by atoms with Crippen LogP contribution in [0.15, 0.2) is 18.2 Å². The number of benzene rings is 1. The average molecular weight is 228 g/mol. The predicted octanol–water partition coefficient (Wildman–Crippen LogP) is 2.75. The Morgan fingerprint density at radius 2 is 2.00 bits per heavy atom. The van der Waals surface area contributed by atoms with Crippen LogP contribution in [0.4, 0.5) is 14.5 Å². The van der Waals surface area contributed by atoms with Crippen molar-refractivity contribution in [2.75, 3.05) is 11.9 Å². The van der Waals surface area contributed by atoms with Gasteiger partial charge in [0.25, 0.3) is 0 Å². The quantitative estimate of drug-likeness (QED) is 0.813. The Balaban J connectivity index is 2.51. The molecule has 16 heavy (non-hydrogen) atoms. The van der Waals surface area contributed by atoms with Gasteiger partial charge in [0.05, 0.1) is 5.69 Å². The normalized spacial score (nSPS) is 12.9. The molecule has 4 heteroatoms. The molecule has 2 nitrogen and oxygen atoms in total. The fraction of sp³-hybridized carbons (Fsp3) is 0.500. The molecule has 0 aliphatic heterocycles. The summed E-state index contributed by atoms with van der Waals surface area (Å²) in [5.74, 6) is -0.423. The first-order valence-corrected chi connectivity index (χ1v) is 5.43. The molecule has 0 fully saturated rings. The van der Waals surface area contributed by atoms with Crippen molar-refractivity contribution in [3.63, 3.8) is 0 Å². The molecule has 1 aromatic carbocycles. The minimum absolute atomic E-state index is 0.0531. The highest BCUT2D eigenvalue weighted by Gasteiger charge is 2.07. The maximum Gasteiger partial charge on any atom is 0.146 e. The van der Waals surface area contributed by atoms with Crippen LogP contribution in [0.3, 0.4) is 0 Å². The summed E-state index contributed by atoms with van der Waals surface area (Å²) in [6, 6.07) is 3.28. The number of nitrogens with two attached hydrogens (primary N) is 1. The molecule has 0 saturated heterocycles. The van der Waals surface area contributed by atoms with Crippen LogP contribution in [-0.4, -0.2) is 12.6 Å². The molecule has 1 rings (SSSR count). The molecule has 0 radical (unpaired) electrons. The lowest BCUT2D eigenvalue weighted by atomic mass is 10.0. The Bertz CT molecular complexity index is 340. The molecule has 0 aliphatic rings. The van der Waals surface area contributed by atoms with Crippen molar-refractivity contribution in [2.45, 2.75) is 26.3 Å². The van der Waals surface area contributed by atoms with Gasteiger partial charge in [-0.05, 0) is 30.5 Å². The van der Waals surface area contributed by atoms with Gasteiger partial charge in [-0.15, -0.1) is 0 Å². The summed E-state index contributed by atoms with van der Waals surface area (Å²) in [6.07, 6.45) is 0.851. The van der Waals surface area contributed by atoms with Gasteiger partial charge in [0.2, 0.25) is 0 Å². The third kappa shape index (κ3) is 4.14. The molecular weight excluding hydrogens is 210 g/mol. The van der Waals surface area contributed by atoms with E-state index in [-0.39, 0.29) is 11.7 Å². The third-order valence-corrected chi connectivity index (χ3v) is 2.26. The van der Waals surface area contributed by atoms with Gasteiger partial charge in [-0.2, -0.15) is 0 Å². The fourth-order valence-electron chi connectivity index (χ4n) is 1.56. The van der Waals surface area contributed by atoms with Gasteiger partial charge in [-0.25, -0.2) is 8.78 Å². The summed E-state index contributed by atoms with van der Waals surface area (Å²) in [4.78, 5) is 0. The topological polar surface area (TPSA) is 38.0 Å². The zero-order valence-corrected chi connectivity index (χ0v) is 9.63. The van der Waals surface area contributed by atoms with E-state index in [1.807, 2.05) is 0 Å². The Kier molecular flexibility index (Phi) is 4.68. The van der Waals surface area contributed by atoms with Crippen LogP contribution in [0.2, 0.25) is 0 Å². The highest BCUT2D eigenvalue weighted by atomic mass is 19.1. The molecule has 0 bridgehead atoms. The van der Waals surface area contributed by atoms with Gasteiger partial charge in [-0.3, -0.25) is 0 Å². The average Bonchev–Trinajstić information content (AvgIpc) is 2.18. The van der Waals surface area contributed by atoms with Crippen LogP contribution in [0.25, 0.3) is 0 Å². The summed E-state index contributed by atoms with van der Waals surface area (Å²) >= 11 is 0. The van der Waals surface area contributed by atoms with Gasteiger partial charge in [0, 0.05) is 12.6 Å². The summed E-state index contributed by atoms with van der Waals surface area (Å²) in [5, 5.41) is 2.82. The molecule has 0 aliphatic carbocycles. The fourth-order valence-corrected chi connectivity index (χ4v) is 1.56. The summed E-state index contributed by atoms with van der Waals surface area (Å²) in [7, 11) is 0. The number of halogens is 2. The third-order valence-electron chi connectivity index (χ3n) is 2.26. The zero-order valence-electron chi connectivity index (χ0n) is 9.63. The van der Waals surface area contributed by atoms with Gasteiger partial charge in [-0.1, -0.05) is 13.8 Å². The van der Waals surface area contributed by atoms with E-state index in [9.17, 15) is 8.78 Å². The van der Waals surface area contributed by atoms with E-state index in [4.69, 9.17) is 5.73 Å². The Labute approximate surface area is 94.8 Å². The lowest BCUT2D eigenvalue weighted by Gasteiger charge is -2.15. The first-order valence-electron chi connectivity index (χ1n) is 5.43. The molecule has 1 unspecified atom stereocenters. The molecule has 0 aromatic heterocycles. The molecule has 3 N–H and O–H groups in total. The second-order valence-electron chi connectivity index (χ2n) is 4.39. The molecule has 1 aromatic rings. The number of anilines is 1. The minimum Gasteiger partial charge on any atom is -0.381 e. The first-order chi connectivity index (χ1) is 7.49. The SMILES string of the molecule is CC(C)CC(N)CNc1cc(F)ccc1F. The lowest BCUT2D eigenvalue weighted by Crippen LogP contribution is -2.30. The van der Waals surface area contributed by atoms with Gasteiger partial charge >= 0.3 is 0 Å². The standard InChI is InChI=1S/C12H18F2N2/c1-8(2)5-10(15)7-16-12-6-9(13)3-4-11(12)14/h3-4,6,8,10,16H,5,7,15H2,1-2H3. The van der Waals surface area contributed by atoms with Crippen molar-refractivity contribution in [1.29, 1.82) is 0 Å². The molecule has 0 spiro atoms. The van der Waals surface area contributed by atoms with Crippen molar-refractivity contribution in [1.82, 2.24) is 0 Å². The Morgan fingerprint density at radius 3 is 2.62 bits per heavy atom. The Hall–Kier alpha value is -1.16. The van der Waals surface area contributed by atoms with E-state index in [1.165, 1.54) is 0 Å². The van der Waals surface area contributed by atoms with Crippen molar-refractivity contribution in [3.05, 3.63) is 29.8 Å². The maximum absolute atomic E-state index is 13.2. The van der Waals surface area contributed by atoms with Gasteiger partial charge < -0.3 is 11.1 Å². The number of hydrogen-bond donors (Lipinski definition) is 2. The highest BCUT2D eigenvalue weighted by Crippen LogP contribution is 2.15. The van der Waals surface area contributed by atoms with E-state index >= 15 is 0 Å². The summed E-state index contributed by atoms with van der Waals surface area (Å²) < 4.78 is 26.1. The predicted molar refractivity (Wildman–Crippen MR) is 62.3 cm³/mol. The monoisotopic (exact) mass is 228 g/mol. The van der Waals surface area contributed by atoms with Crippen LogP contribution in [0, 0.1) is 17.6 Å². The van der Waals surface area contributed by atoms with Crippen LogP contribution in [-0.2, 0) is 0 Å². The van der Waals surface area contributed by atoms with Crippen LogP contribution in [0.1, 0.15) is 20.3 Å². The largest absolute Gasteiger partial charge is 0.381 e. The number of rotatable bonds is 5. The molecule has 0 saturated carbocycles. The van der Waals surface area contributed by atoms with Crippen LogP contribution >= 0.6 is 0 Å². The van der Waals surface area contributed by atoms with E-state index in [1.54, 1.807) is 0 Å². The molecular formula is C12H18F2N2. The molecule has 0 heterocycles. The number of nitrogens with one attached hydrogen (secondary N) is 1. The molecule has 1 atom stereocenters. The second-order valence-corrected chi connectivity index (χ2v) is 4.39. The van der Waals surface area contributed by atoms with Crippen LogP contribution in [0.5, 0.6) is 0 Å². The summed E-state index contributed by atoms with van der Waals surface area (Å²) in [5.41, 5.74) is 6.00. The minimum atomic E-state index is -0.460. The first kappa shape index (κ1) is 12.9. The van der Waals surface area contributed by atoms with Gasteiger partial charge in [0.15, 0.2) is 0 Å². The molecule has 0 amide bonds. The lowest BCUT2D eigenvalue weighted by molar-refractivity contribution is 0.507. The van der Waals surface area contributed by atoms with E-state index in [0.29, 0.717) is 12.5 Å². The second kappa shape index (κ2) is 5.80. The Morgan fingerprint density at radius 1 is 1.31 bits per heavy atom. The smallest absolute Gasteiger partial charge is 0.146 e. The van der Waals surface area contributed by atoms with Crippen molar-refractivity contribution in [2.24, 2.45) is 11.7 Å². The summed E-state index contributed by atoms with van der Waals surface area (Å²) in [6.45, 7) is 4.59. The maximum atomic E-state index is 13.2. The van der Waals surface area contributed by atoms with Gasteiger partial charge in [0.1, 0.15) is 11.6 Å². The highest BCUT2D eigenvalue weighted by molar-refractivity contribution is 5.44. The van der Waals surface area contributed by atoms with Crippen molar-refractivity contribution in [3.8, 4) is 0 Å². The number of hydrogen-bond acceptors (Lipinski definition) is 2. The van der Waals surface area contributed by atoms with Crippen molar-refractivity contribution < 1.29 is 8.78 Å². The van der Waals surface area contributed by atoms with Crippen molar-refractivity contribution >= 4 is 5.69 Å². The van der Waals surface area contributed by atoms with Crippen LogP contribution < -0.4 is 11.1 Å². The van der Waals surface area contributed by atoms with E-state index < -0.39 is 11.6 Å². The van der Waals surface area contributed by atoms with E-state index in [2.05, 4.69) is 19.2 Å². The zero-order chi connectivity index (χ0) is 12.1.